The van der Waals surface area contributed by atoms with Gasteiger partial charge in [-0.3, -0.25) is 9.59 Å². The third kappa shape index (κ3) is 3.77. The van der Waals surface area contributed by atoms with Crippen LogP contribution in [0.15, 0.2) is 64.2 Å². The summed E-state index contributed by atoms with van der Waals surface area (Å²) in [4.78, 5) is 29.4. The van der Waals surface area contributed by atoms with Crippen molar-refractivity contribution in [3.63, 3.8) is 0 Å². The molecule has 0 unspecified atom stereocenters. The third-order valence-corrected chi connectivity index (χ3v) is 4.49. The summed E-state index contributed by atoms with van der Waals surface area (Å²) in [5.74, 6) is -0.161. The number of para-hydroxylation sites is 2. The Balaban J connectivity index is 0.000000156. The van der Waals surface area contributed by atoms with Crippen LogP contribution >= 0.6 is 0 Å². The first-order valence-electron chi connectivity index (χ1n) is 8.99. The standard InChI is InChI=1S/C11H11NO2.C11H11NO/c1-2-8-11(14)10(13)7-5-3-4-6-9(7)12-8;1-2-8-7-11(13)9-5-3-4-6-10(9)12-8/h3-6,14H,2H2,1H3,(H,12,13);3-7H,2H2,1H3,(H,12,13). The first kappa shape index (κ1) is 18.5. The van der Waals surface area contributed by atoms with Gasteiger partial charge in [-0.15, -0.1) is 0 Å². The van der Waals surface area contributed by atoms with E-state index in [9.17, 15) is 14.7 Å². The molecule has 0 atom stereocenters. The van der Waals surface area contributed by atoms with Gasteiger partial charge in [0.05, 0.1) is 5.69 Å². The van der Waals surface area contributed by atoms with Gasteiger partial charge in [-0.2, -0.15) is 0 Å². The molecule has 2 heterocycles. The van der Waals surface area contributed by atoms with E-state index in [0.29, 0.717) is 17.5 Å². The van der Waals surface area contributed by atoms with Crippen molar-refractivity contribution in [2.24, 2.45) is 0 Å². The topological polar surface area (TPSA) is 85.9 Å². The lowest BCUT2D eigenvalue weighted by Crippen LogP contribution is -2.06. The minimum absolute atomic E-state index is 0.103. The highest BCUT2D eigenvalue weighted by Crippen LogP contribution is 2.15. The Bertz CT molecular complexity index is 1210. The average Bonchev–Trinajstić information content (AvgIpc) is 2.71. The van der Waals surface area contributed by atoms with Gasteiger partial charge in [0, 0.05) is 33.6 Å². The van der Waals surface area contributed by atoms with Crippen LogP contribution in [0.2, 0.25) is 0 Å². The molecule has 5 heteroatoms. The van der Waals surface area contributed by atoms with Crippen molar-refractivity contribution >= 4 is 21.8 Å². The SMILES string of the molecule is CCc1[nH]c2ccccc2c(=O)c1O.CCc1cc(=O)c2ccccc2[nH]1. The number of rotatable bonds is 2. The molecule has 2 aromatic carbocycles. The molecule has 0 spiro atoms. The number of aromatic hydroxyl groups is 1. The van der Waals surface area contributed by atoms with E-state index in [2.05, 4.69) is 9.97 Å². The Kier molecular flexibility index (Phi) is 5.41. The number of aromatic amines is 2. The minimum Gasteiger partial charge on any atom is -0.503 e. The number of hydrogen-bond donors (Lipinski definition) is 3. The molecule has 2 aromatic heterocycles. The molecule has 0 aliphatic rings. The Morgan fingerprint density at radius 2 is 1.41 bits per heavy atom. The molecule has 0 radical (unpaired) electrons. The molecule has 4 rings (SSSR count). The fraction of sp³-hybridized carbons (Fsp3) is 0.182. The average molecular weight is 362 g/mol. The molecule has 0 aliphatic heterocycles. The van der Waals surface area contributed by atoms with Gasteiger partial charge in [-0.25, -0.2) is 0 Å². The number of fused-ring (bicyclic) bond motifs is 2. The first-order chi connectivity index (χ1) is 13.0. The van der Waals surface area contributed by atoms with E-state index in [1.165, 1.54) is 0 Å². The van der Waals surface area contributed by atoms with Crippen molar-refractivity contribution in [3.8, 4) is 5.75 Å². The summed E-state index contributed by atoms with van der Waals surface area (Å²) in [6.07, 6.45) is 1.48. The summed E-state index contributed by atoms with van der Waals surface area (Å²) in [6, 6.07) is 16.4. The normalized spacial score (nSPS) is 10.6. The molecule has 0 saturated carbocycles. The number of aromatic nitrogens is 2. The van der Waals surface area contributed by atoms with Gasteiger partial charge in [0.15, 0.2) is 11.2 Å². The molecule has 0 bridgehead atoms. The van der Waals surface area contributed by atoms with Gasteiger partial charge in [0.2, 0.25) is 5.43 Å². The van der Waals surface area contributed by atoms with Gasteiger partial charge < -0.3 is 15.1 Å². The lowest BCUT2D eigenvalue weighted by molar-refractivity contribution is 0.461. The summed E-state index contributed by atoms with van der Waals surface area (Å²) < 4.78 is 0. The smallest absolute Gasteiger partial charge is 0.231 e. The number of nitrogens with one attached hydrogen (secondary N) is 2. The predicted molar refractivity (Wildman–Crippen MR) is 110 cm³/mol. The van der Waals surface area contributed by atoms with Crippen molar-refractivity contribution in [1.29, 1.82) is 0 Å². The summed E-state index contributed by atoms with van der Waals surface area (Å²) in [7, 11) is 0. The fourth-order valence-electron chi connectivity index (χ4n) is 2.97. The molecule has 0 amide bonds. The van der Waals surface area contributed by atoms with E-state index in [-0.39, 0.29) is 16.6 Å². The minimum atomic E-state index is -0.295. The molecule has 0 saturated heterocycles. The largest absolute Gasteiger partial charge is 0.503 e. The van der Waals surface area contributed by atoms with E-state index in [0.717, 1.165) is 28.5 Å². The molecule has 138 valence electrons. The number of benzene rings is 2. The third-order valence-electron chi connectivity index (χ3n) is 4.49. The van der Waals surface area contributed by atoms with Crippen LogP contribution in [0, 0.1) is 0 Å². The van der Waals surface area contributed by atoms with Gasteiger partial charge in [0.1, 0.15) is 0 Å². The van der Waals surface area contributed by atoms with Crippen LogP contribution in [0.4, 0.5) is 0 Å². The lowest BCUT2D eigenvalue weighted by atomic mass is 10.1. The van der Waals surface area contributed by atoms with Crippen LogP contribution in [-0.4, -0.2) is 15.1 Å². The maximum absolute atomic E-state index is 11.6. The second-order valence-electron chi connectivity index (χ2n) is 6.24. The molecule has 0 fully saturated rings. The van der Waals surface area contributed by atoms with Crippen molar-refractivity contribution in [2.75, 3.05) is 0 Å². The van der Waals surface area contributed by atoms with Crippen molar-refractivity contribution in [1.82, 2.24) is 9.97 Å². The fourth-order valence-corrected chi connectivity index (χ4v) is 2.97. The van der Waals surface area contributed by atoms with Crippen LogP contribution in [0.1, 0.15) is 25.2 Å². The van der Waals surface area contributed by atoms with Crippen LogP contribution in [0.5, 0.6) is 5.75 Å². The Morgan fingerprint density at radius 3 is 2.04 bits per heavy atom. The van der Waals surface area contributed by atoms with Crippen molar-refractivity contribution in [2.45, 2.75) is 26.7 Å². The maximum atomic E-state index is 11.6. The highest BCUT2D eigenvalue weighted by molar-refractivity contribution is 5.80. The van der Waals surface area contributed by atoms with E-state index in [1.54, 1.807) is 18.2 Å². The lowest BCUT2D eigenvalue weighted by Gasteiger charge is -2.04. The molecular weight excluding hydrogens is 340 g/mol. The van der Waals surface area contributed by atoms with Crippen LogP contribution in [0.3, 0.4) is 0 Å². The number of hydrogen-bond acceptors (Lipinski definition) is 3. The summed E-state index contributed by atoms with van der Waals surface area (Å²) in [6.45, 7) is 3.92. The van der Waals surface area contributed by atoms with E-state index in [1.807, 2.05) is 50.2 Å². The quantitative estimate of drug-likeness (QED) is 0.506. The highest BCUT2D eigenvalue weighted by atomic mass is 16.3. The Hall–Kier alpha value is -3.34. The maximum Gasteiger partial charge on any atom is 0.231 e. The predicted octanol–water partition coefficient (Wildman–Crippen LogP) is 3.89. The van der Waals surface area contributed by atoms with Crippen LogP contribution in [0.25, 0.3) is 21.8 Å². The molecular formula is C22H22N2O3. The monoisotopic (exact) mass is 362 g/mol. The Labute approximate surface area is 156 Å². The second kappa shape index (κ2) is 7.91. The molecule has 27 heavy (non-hydrogen) atoms. The summed E-state index contributed by atoms with van der Waals surface area (Å²) in [5, 5.41) is 10.8. The van der Waals surface area contributed by atoms with Crippen molar-refractivity contribution in [3.05, 3.63) is 86.4 Å². The van der Waals surface area contributed by atoms with Crippen molar-refractivity contribution < 1.29 is 5.11 Å². The molecule has 4 aromatic rings. The zero-order chi connectivity index (χ0) is 19.4. The zero-order valence-corrected chi connectivity index (χ0v) is 15.4. The van der Waals surface area contributed by atoms with Gasteiger partial charge in [-0.1, -0.05) is 38.1 Å². The van der Waals surface area contributed by atoms with Gasteiger partial charge in [-0.05, 0) is 37.1 Å². The van der Waals surface area contributed by atoms with E-state index < -0.39 is 0 Å². The summed E-state index contributed by atoms with van der Waals surface area (Å²) >= 11 is 0. The molecule has 0 aliphatic carbocycles. The van der Waals surface area contributed by atoms with Crippen LogP contribution < -0.4 is 10.9 Å². The number of pyridine rings is 2. The van der Waals surface area contributed by atoms with Gasteiger partial charge >= 0.3 is 0 Å². The zero-order valence-electron chi connectivity index (χ0n) is 15.4. The van der Waals surface area contributed by atoms with E-state index in [4.69, 9.17) is 0 Å². The summed E-state index contributed by atoms with van der Waals surface area (Å²) in [5.41, 5.74) is 3.08. The highest BCUT2D eigenvalue weighted by Gasteiger charge is 2.08. The molecule has 5 nitrogen and oxygen atoms in total. The van der Waals surface area contributed by atoms with E-state index >= 15 is 0 Å². The number of aryl methyl sites for hydroxylation is 2. The number of H-pyrrole nitrogens is 2. The van der Waals surface area contributed by atoms with Crippen LogP contribution in [-0.2, 0) is 12.8 Å². The van der Waals surface area contributed by atoms with Gasteiger partial charge in [0.25, 0.3) is 0 Å². The molecule has 3 N–H and O–H groups in total. The first-order valence-corrected chi connectivity index (χ1v) is 8.99. The Morgan fingerprint density at radius 1 is 0.815 bits per heavy atom. The second-order valence-corrected chi connectivity index (χ2v) is 6.24.